The predicted octanol–water partition coefficient (Wildman–Crippen LogP) is -1.50. The van der Waals surface area contributed by atoms with Crippen LogP contribution in [0.3, 0.4) is 0 Å². The molecule has 17 heavy (non-hydrogen) atoms. The minimum atomic E-state index is -2.93. The highest BCUT2D eigenvalue weighted by Crippen LogP contribution is 2.12. The Morgan fingerprint density at radius 3 is 2.59 bits per heavy atom. The molecule has 0 spiro atoms. The highest BCUT2D eigenvalue weighted by Gasteiger charge is 2.29. The van der Waals surface area contributed by atoms with Gasteiger partial charge >= 0.3 is 0 Å². The molecule has 102 valence electrons. The maximum atomic E-state index is 11.2. The fraction of sp³-hybridized carbons (Fsp3) is 1.00. The number of piperazine rings is 1. The Morgan fingerprint density at radius 2 is 2.06 bits per heavy atom. The Morgan fingerprint density at radius 1 is 1.41 bits per heavy atom. The number of nitrogens with zero attached hydrogens (tertiary/aromatic N) is 2. The molecule has 3 N–H and O–H groups in total. The van der Waals surface area contributed by atoms with Crippen LogP contribution in [0.25, 0.3) is 0 Å². The Labute approximate surface area is 104 Å². The van der Waals surface area contributed by atoms with Gasteiger partial charge in [-0.25, -0.2) is 8.42 Å². The van der Waals surface area contributed by atoms with E-state index in [4.69, 9.17) is 5.84 Å². The van der Waals surface area contributed by atoms with Crippen molar-refractivity contribution in [3.8, 4) is 0 Å². The van der Waals surface area contributed by atoms with Crippen molar-refractivity contribution in [3.05, 3.63) is 0 Å². The van der Waals surface area contributed by atoms with E-state index in [-0.39, 0.29) is 17.8 Å². The molecule has 1 aliphatic rings. The molecule has 2 atom stereocenters. The van der Waals surface area contributed by atoms with Crippen LogP contribution in [0.2, 0.25) is 0 Å². The van der Waals surface area contributed by atoms with Gasteiger partial charge in [0.2, 0.25) is 0 Å². The van der Waals surface area contributed by atoms with Crippen molar-refractivity contribution in [1.29, 1.82) is 0 Å². The number of nitrogens with two attached hydrogens (primary N) is 1. The number of nitrogens with one attached hydrogen (secondary N) is 1. The van der Waals surface area contributed by atoms with Gasteiger partial charge < -0.3 is 4.90 Å². The minimum absolute atomic E-state index is 0.0116. The fourth-order valence-corrected chi connectivity index (χ4v) is 2.89. The summed E-state index contributed by atoms with van der Waals surface area (Å²) in [5.41, 5.74) is 2.76. The molecule has 1 fully saturated rings. The van der Waals surface area contributed by atoms with Crippen LogP contribution in [-0.4, -0.2) is 76.0 Å². The van der Waals surface area contributed by atoms with E-state index in [0.717, 1.165) is 19.6 Å². The summed E-state index contributed by atoms with van der Waals surface area (Å²) in [4.78, 5) is 4.49. The van der Waals surface area contributed by atoms with Crippen LogP contribution in [-0.2, 0) is 9.84 Å². The number of hydrogen-bond acceptors (Lipinski definition) is 6. The van der Waals surface area contributed by atoms with Crippen molar-refractivity contribution in [2.24, 2.45) is 5.84 Å². The smallest absolute Gasteiger partial charge is 0.147 e. The second kappa shape index (κ2) is 6.10. The lowest BCUT2D eigenvalue weighted by Crippen LogP contribution is -2.60. The van der Waals surface area contributed by atoms with E-state index in [1.807, 2.05) is 0 Å². The molecule has 2 unspecified atom stereocenters. The Hall–Kier alpha value is -0.210. The van der Waals surface area contributed by atoms with Gasteiger partial charge in [0.05, 0.1) is 5.75 Å². The van der Waals surface area contributed by atoms with Gasteiger partial charge in [-0.3, -0.25) is 16.2 Å². The number of sulfone groups is 1. The molecule has 0 bridgehead atoms. The maximum Gasteiger partial charge on any atom is 0.147 e. The molecule has 7 heteroatoms. The van der Waals surface area contributed by atoms with Crippen molar-refractivity contribution >= 4 is 9.84 Å². The van der Waals surface area contributed by atoms with Gasteiger partial charge in [-0.05, 0) is 20.5 Å². The summed E-state index contributed by atoms with van der Waals surface area (Å²) in [5, 5.41) is 0. The molecule has 1 heterocycles. The Balaban J connectivity index is 2.59. The molecule has 0 saturated carbocycles. The molecule has 1 saturated heterocycles. The van der Waals surface area contributed by atoms with E-state index in [1.165, 1.54) is 6.26 Å². The van der Waals surface area contributed by atoms with Gasteiger partial charge in [0.15, 0.2) is 0 Å². The van der Waals surface area contributed by atoms with E-state index in [1.54, 1.807) is 0 Å². The van der Waals surface area contributed by atoms with Crippen LogP contribution in [0, 0.1) is 0 Å². The zero-order valence-corrected chi connectivity index (χ0v) is 11.7. The monoisotopic (exact) mass is 264 g/mol. The Kier molecular flexibility index (Phi) is 5.33. The first-order valence-electron chi connectivity index (χ1n) is 5.86. The minimum Gasteiger partial charge on any atom is -0.303 e. The third-order valence-electron chi connectivity index (χ3n) is 3.38. The third-order valence-corrected chi connectivity index (χ3v) is 4.35. The fourth-order valence-electron chi connectivity index (χ4n) is 2.21. The molecule has 0 aromatic heterocycles. The lowest BCUT2D eigenvalue weighted by atomic mass is 10.0. The second-order valence-electron chi connectivity index (χ2n) is 5.00. The lowest BCUT2D eigenvalue weighted by Gasteiger charge is -2.41. The highest BCUT2D eigenvalue weighted by atomic mass is 32.2. The van der Waals surface area contributed by atoms with E-state index < -0.39 is 9.84 Å². The first kappa shape index (κ1) is 14.8. The summed E-state index contributed by atoms with van der Waals surface area (Å²) in [6.45, 7) is 2.93. The molecule has 0 amide bonds. The van der Waals surface area contributed by atoms with E-state index >= 15 is 0 Å². The topological polar surface area (TPSA) is 78.7 Å². The SMILES string of the molecule is CN1CCN(C)C(C(CCS(C)(=O)=O)NN)C1. The standard InChI is InChI=1S/C10H24N4O2S/c1-13-5-6-14(2)10(8-13)9(12-11)4-7-17(3,15)16/h9-10,12H,4-8,11H2,1-3H3. The van der Waals surface area contributed by atoms with Gasteiger partial charge in [-0.1, -0.05) is 0 Å². The van der Waals surface area contributed by atoms with E-state index in [0.29, 0.717) is 6.42 Å². The van der Waals surface area contributed by atoms with Gasteiger partial charge in [-0.15, -0.1) is 0 Å². The van der Waals surface area contributed by atoms with Crippen molar-refractivity contribution in [1.82, 2.24) is 15.2 Å². The van der Waals surface area contributed by atoms with Gasteiger partial charge in [-0.2, -0.15) is 0 Å². The molecule has 1 aliphatic heterocycles. The summed E-state index contributed by atoms with van der Waals surface area (Å²) < 4.78 is 22.4. The van der Waals surface area contributed by atoms with E-state index in [2.05, 4.69) is 29.3 Å². The molecule has 0 radical (unpaired) electrons. The zero-order chi connectivity index (χ0) is 13.1. The molecule has 1 rings (SSSR count). The second-order valence-corrected chi connectivity index (χ2v) is 7.26. The van der Waals surface area contributed by atoms with Crippen LogP contribution in [0.1, 0.15) is 6.42 Å². The Bertz CT molecular complexity index is 333. The van der Waals surface area contributed by atoms with Crippen molar-refractivity contribution in [2.45, 2.75) is 18.5 Å². The zero-order valence-electron chi connectivity index (χ0n) is 10.9. The molecule has 0 aromatic carbocycles. The van der Waals surface area contributed by atoms with Crippen LogP contribution < -0.4 is 11.3 Å². The van der Waals surface area contributed by atoms with E-state index in [9.17, 15) is 8.42 Å². The lowest BCUT2D eigenvalue weighted by molar-refractivity contribution is 0.0868. The summed E-state index contributed by atoms with van der Waals surface area (Å²) in [6, 6.07) is 0.276. The van der Waals surface area contributed by atoms with Crippen molar-refractivity contribution in [3.63, 3.8) is 0 Å². The molecular formula is C10H24N4O2S. The average molecular weight is 264 g/mol. The number of rotatable bonds is 5. The summed E-state index contributed by atoms with van der Waals surface area (Å²) >= 11 is 0. The number of hydrazine groups is 1. The van der Waals surface area contributed by atoms with Crippen molar-refractivity contribution in [2.75, 3.05) is 45.7 Å². The first-order chi connectivity index (χ1) is 7.83. The number of likely N-dealkylation sites (N-methyl/N-ethyl adjacent to an activating group) is 2. The van der Waals surface area contributed by atoms with Crippen LogP contribution in [0.5, 0.6) is 0 Å². The molecular weight excluding hydrogens is 240 g/mol. The van der Waals surface area contributed by atoms with Gasteiger partial charge in [0.25, 0.3) is 0 Å². The molecule has 0 aromatic rings. The normalized spacial score (nSPS) is 26.0. The largest absolute Gasteiger partial charge is 0.303 e. The summed E-state index contributed by atoms with van der Waals surface area (Å²) in [5.74, 6) is 5.73. The number of hydrogen-bond donors (Lipinski definition) is 2. The summed E-state index contributed by atoms with van der Waals surface area (Å²) in [6.07, 6.45) is 1.81. The average Bonchev–Trinajstić information content (AvgIpc) is 2.22. The highest BCUT2D eigenvalue weighted by molar-refractivity contribution is 7.90. The summed E-state index contributed by atoms with van der Waals surface area (Å²) in [7, 11) is 1.20. The quantitative estimate of drug-likeness (QED) is 0.465. The van der Waals surface area contributed by atoms with Crippen molar-refractivity contribution < 1.29 is 8.42 Å². The molecule has 0 aliphatic carbocycles. The van der Waals surface area contributed by atoms with Crippen LogP contribution in [0.4, 0.5) is 0 Å². The third kappa shape index (κ3) is 4.89. The van der Waals surface area contributed by atoms with Gasteiger partial charge in [0.1, 0.15) is 9.84 Å². The first-order valence-corrected chi connectivity index (χ1v) is 7.92. The predicted molar refractivity (Wildman–Crippen MR) is 69.4 cm³/mol. The van der Waals surface area contributed by atoms with Gasteiger partial charge in [0, 0.05) is 38.0 Å². The molecule has 6 nitrogen and oxygen atoms in total. The van der Waals surface area contributed by atoms with Crippen LogP contribution in [0.15, 0.2) is 0 Å². The maximum absolute atomic E-state index is 11.2. The van der Waals surface area contributed by atoms with Crippen LogP contribution >= 0.6 is 0 Å².